The predicted octanol–water partition coefficient (Wildman–Crippen LogP) is 2.46. The Hall–Kier alpha value is -0.550. The fourth-order valence-electron chi connectivity index (χ4n) is 1.99. The molecule has 0 amide bonds. The molecular formula is C11H20N2. The molecule has 1 aliphatic carbocycles. The average Bonchev–Trinajstić information content (AvgIpc) is 2.66. The van der Waals surface area contributed by atoms with Gasteiger partial charge in [-0.3, -0.25) is 5.32 Å². The second-order valence-corrected chi connectivity index (χ2v) is 4.13. The number of nitriles is 1. The van der Waals surface area contributed by atoms with Gasteiger partial charge in [0.1, 0.15) is 0 Å². The van der Waals surface area contributed by atoms with Crippen LogP contribution in [0.1, 0.15) is 46.0 Å². The molecule has 0 radical (unpaired) electrons. The Bertz CT molecular complexity index is 177. The lowest BCUT2D eigenvalue weighted by atomic mass is 9.98. The number of nitrogens with zero attached hydrogens (tertiary/aromatic N) is 1. The van der Waals surface area contributed by atoms with Crippen LogP contribution in [0.2, 0.25) is 0 Å². The highest BCUT2D eigenvalue weighted by Crippen LogP contribution is 2.27. The highest BCUT2D eigenvalue weighted by atomic mass is 14.9. The number of hydrogen-bond acceptors (Lipinski definition) is 2. The van der Waals surface area contributed by atoms with E-state index >= 15 is 0 Å². The molecule has 0 saturated heterocycles. The summed E-state index contributed by atoms with van der Waals surface area (Å²) >= 11 is 0. The molecule has 1 N–H and O–H groups in total. The summed E-state index contributed by atoms with van der Waals surface area (Å²) in [5, 5.41) is 12.4. The average molecular weight is 180 g/mol. The first-order valence-electron chi connectivity index (χ1n) is 5.43. The predicted molar refractivity (Wildman–Crippen MR) is 54.2 cm³/mol. The Labute approximate surface area is 81.3 Å². The molecule has 0 aliphatic heterocycles. The molecule has 2 unspecified atom stereocenters. The third kappa shape index (κ3) is 3.00. The van der Waals surface area contributed by atoms with Gasteiger partial charge in [0.25, 0.3) is 0 Å². The zero-order valence-electron chi connectivity index (χ0n) is 8.71. The molecular weight excluding hydrogens is 160 g/mol. The summed E-state index contributed by atoms with van der Waals surface area (Å²) in [6.45, 7) is 4.31. The van der Waals surface area contributed by atoms with Crippen molar-refractivity contribution >= 4 is 0 Å². The lowest BCUT2D eigenvalue weighted by Gasteiger charge is -2.21. The van der Waals surface area contributed by atoms with Crippen LogP contribution in [0.15, 0.2) is 0 Å². The smallest absolute Gasteiger partial charge is 0.0983 e. The van der Waals surface area contributed by atoms with Crippen molar-refractivity contribution in [3.8, 4) is 6.07 Å². The van der Waals surface area contributed by atoms with Gasteiger partial charge in [0.2, 0.25) is 0 Å². The summed E-state index contributed by atoms with van der Waals surface area (Å²) in [5.74, 6) is 0.610. The summed E-state index contributed by atoms with van der Waals surface area (Å²) < 4.78 is 0. The van der Waals surface area contributed by atoms with Crippen LogP contribution in [0.4, 0.5) is 0 Å². The Kier molecular flexibility index (Phi) is 4.24. The lowest BCUT2D eigenvalue weighted by Crippen LogP contribution is -2.39. The van der Waals surface area contributed by atoms with E-state index in [1.165, 1.54) is 25.7 Å². The molecule has 13 heavy (non-hydrogen) atoms. The number of hydrogen-bond donors (Lipinski definition) is 1. The van der Waals surface area contributed by atoms with E-state index in [-0.39, 0.29) is 6.04 Å². The van der Waals surface area contributed by atoms with Crippen molar-refractivity contribution in [1.29, 1.82) is 5.26 Å². The Morgan fingerprint density at radius 2 is 2.08 bits per heavy atom. The molecule has 0 bridgehead atoms. The van der Waals surface area contributed by atoms with E-state index in [1.807, 2.05) is 0 Å². The van der Waals surface area contributed by atoms with Gasteiger partial charge in [0, 0.05) is 6.04 Å². The van der Waals surface area contributed by atoms with E-state index in [9.17, 15) is 0 Å². The first-order valence-corrected chi connectivity index (χ1v) is 5.43. The monoisotopic (exact) mass is 180 g/mol. The van der Waals surface area contributed by atoms with Gasteiger partial charge in [0.05, 0.1) is 12.1 Å². The van der Waals surface area contributed by atoms with Gasteiger partial charge in [-0.1, -0.05) is 19.8 Å². The molecule has 2 heteroatoms. The van der Waals surface area contributed by atoms with Gasteiger partial charge < -0.3 is 0 Å². The van der Waals surface area contributed by atoms with E-state index in [2.05, 4.69) is 25.2 Å². The van der Waals surface area contributed by atoms with Crippen molar-refractivity contribution in [1.82, 2.24) is 5.32 Å². The lowest BCUT2D eigenvalue weighted by molar-refractivity contribution is 0.380. The second-order valence-electron chi connectivity index (χ2n) is 4.13. The molecule has 0 aromatic rings. The van der Waals surface area contributed by atoms with Crippen molar-refractivity contribution in [2.75, 3.05) is 0 Å². The third-order valence-electron chi connectivity index (χ3n) is 3.09. The zero-order valence-corrected chi connectivity index (χ0v) is 8.71. The minimum absolute atomic E-state index is 0.0949. The normalized spacial score (nSPS) is 22.5. The molecule has 1 fully saturated rings. The van der Waals surface area contributed by atoms with Gasteiger partial charge in [0.15, 0.2) is 0 Å². The molecule has 1 aliphatic rings. The molecule has 1 saturated carbocycles. The van der Waals surface area contributed by atoms with Crippen LogP contribution in [-0.4, -0.2) is 12.1 Å². The molecule has 2 atom stereocenters. The van der Waals surface area contributed by atoms with Crippen molar-refractivity contribution in [3.05, 3.63) is 0 Å². The van der Waals surface area contributed by atoms with Crippen molar-refractivity contribution < 1.29 is 0 Å². The highest BCUT2D eigenvalue weighted by Gasteiger charge is 2.25. The van der Waals surface area contributed by atoms with Crippen LogP contribution >= 0.6 is 0 Å². The van der Waals surface area contributed by atoms with E-state index in [0.717, 1.165) is 6.42 Å². The fraction of sp³-hybridized carbons (Fsp3) is 0.909. The van der Waals surface area contributed by atoms with Crippen LogP contribution in [0.5, 0.6) is 0 Å². The summed E-state index contributed by atoms with van der Waals surface area (Å²) in [5.41, 5.74) is 0. The van der Waals surface area contributed by atoms with Gasteiger partial charge >= 0.3 is 0 Å². The molecule has 0 heterocycles. The fourth-order valence-corrected chi connectivity index (χ4v) is 1.99. The van der Waals surface area contributed by atoms with Crippen molar-refractivity contribution in [2.45, 2.75) is 58.0 Å². The maximum Gasteiger partial charge on any atom is 0.0983 e. The maximum atomic E-state index is 9.02. The van der Waals surface area contributed by atoms with Crippen LogP contribution in [-0.2, 0) is 0 Å². The first-order chi connectivity index (χ1) is 6.27. The molecule has 1 rings (SSSR count). The molecule has 0 aromatic heterocycles. The Morgan fingerprint density at radius 3 is 2.54 bits per heavy atom. The van der Waals surface area contributed by atoms with E-state index in [4.69, 9.17) is 5.26 Å². The molecule has 0 aromatic carbocycles. The maximum absolute atomic E-state index is 9.02. The van der Waals surface area contributed by atoms with Crippen LogP contribution in [0.3, 0.4) is 0 Å². The van der Waals surface area contributed by atoms with Gasteiger partial charge in [-0.05, 0) is 32.1 Å². The van der Waals surface area contributed by atoms with E-state index in [0.29, 0.717) is 12.0 Å². The minimum atomic E-state index is 0.0949. The third-order valence-corrected chi connectivity index (χ3v) is 3.09. The van der Waals surface area contributed by atoms with Gasteiger partial charge in [-0.15, -0.1) is 0 Å². The molecule has 74 valence electrons. The second kappa shape index (κ2) is 5.24. The Morgan fingerprint density at radius 1 is 1.46 bits per heavy atom. The van der Waals surface area contributed by atoms with E-state index in [1.54, 1.807) is 0 Å². The summed E-state index contributed by atoms with van der Waals surface area (Å²) in [6.07, 6.45) is 6.20. The van der Waals surface area contributed by atoms with Crippen molar-refractivity contribution in [2.24, 2.45) is 5.92 Å². The van der Waals surface area contributed by atoms with Crippen LogP contribution in [0, 0.1) is 17.2 Å². The minimum Gasteiger partial charge on any atom is -0.299 e. The summed E-state index contributed by atoms with van der Waals surface area (Å²) in [4.78, 5) is 0. The Balaban J connectivity index is 2.38. The van der Waals surface area contributed by atoms with E-state index < -0.39 is 0 Å². The number of nitrogens with one attached hydrogen (secondary N) is 1. The summed E-state index contributed by atoms with van der Waals surface area (Å²) in [6, 6.07) is 2.97. The largest absolute Gasteiger partial charge is 0.299 e. The van der Waals surface area contributed by atoms with Gasteiger partial charge in [-0.2, -0.15) is 5.26 Å². The molecule has 2 nitrogen and oxygen atoms in total. The summed E-state index contributed by atoms with van der Waals surface area (Å²) in [7, 11) is 0. The highest BCUT2D eigenvalue weighted by molar-refractivity contribution is 4.97. The molecule has 0 spiro atoms. The first kappa shape index (κ1) is 10.5. The van der Waals surface area contributed by atoms with Crippen molar-refractivity contribution in [3.63, 3.8) is 0 Å². The standard InChI is InChI=1S/C11H20N2/c1-3-9(2)13-11(8-12)10-6-4-5-7-10/h9-11,13H,3-7H2,1-2H3. The number of rotatable bonds is 4. The van der Waals surface area contributed by atoms with Crippen LogP contribution in [0.25, 0.3) is 0 Å². The van der Waals surface area contributed by atoms with Gasteiger partial charge in [-0.25, -0.2) is 0 Å². The quantitative estimate of drug-likeness (QED) is 0.721. The van der Waals surface area contributed by atoms with Crippen LogP contribution < -0.4 is 5.32 Å². The zero-order chi connectivity index (χ0) is 9.68. The SMILES string of the molecule is CCC(C)NC(C#N)C1CCCC1. The topological polar surface area (TPSA) is 35.8 Å².